The summed E-state index contributed by atoms with van der Waals surface area (Å²) in [6.07, 6.45) is 6.73. The van der Waals surface area contributed by atoms with Gasteiger partial charge in [-0.2, -0.15) is 0 Å². The molecule has 1 nitrogen and oxygen atoms in total. The standard InChI is InChI=1S/C18H28O/c1-6-7-13-12(3)18-9-8-11(2)14(10-18)17(4,5)16(18)15(13)19/h6,11-14,16H,1,7-10H2,2-5H3/t11-,12-,13?,14+,16+,18+/m1/s1. The van der Waals surface area contributed by atoms with Gasteiger partial charge in [0.05, 0.1) is 0 Å². The molecule has 2 bridgehead atoms. The highest BCUT2D eigenvalue weighted by Gasteiger charge is 2.70. The molecule has 3 aliphatic carbocycles. The van der Waals surface area contributed by atoms with Crippen LogP contribution in [0.15, 0.2) is 12.7 Å². The molecule has 3 rings (SSSR count). The van der Waals surface area contributed by atoms with E-state index in [0.717, 1.165) is 18.3 Å². The van der Waals surface area contributed by atoms with E-state index in [-0.39, 0.29) is 11.3 Å². The number of fused-ring (bicyclic) bond motifs is 1. The molecule has 0 aromatic carbocycles. The summed E-state index contributed by atoms with van der Waals surface area (Å²) < 4.78 is 0. The first kappa shape index (κ1) is 13.4. The Labute approximate surface area is 117 Å². The number of rotatable bonds is 2. The Hall–Kier alpha value is -0.590. The number of Topliss-reactive ketones (excluding diaryl/α,β-unsaturated/α-hetero) is 1. The number of hydrogen-bond donors (Lipinski definition) is 0. The van der Waals surface area contributed by atoms with Crippen LogP contribution < -0.4 is 0 Å². The molecular weight excluding hydrogens is 232 g/mol. The largest absolute Gasteiger partial charge is 0.299 e. The number of ketones is 1. The summed E-state index contributed by atoms with van der Waals surface area (Å²) in [5.74, 6) is 3.23. The average molecular weight is 260 g/mol. The first-order valence-corrected chi connectivity index (χ1v) is 8.01. The molecule has 1 unspecified atom stereocenters. The van der Waals surface area contributed by atoms with E-state index in [1.807, 2.05) is 6.08 Å². The van der Waals surface area contributed by atoms with Gasteiger partial charge in [0.1, 0.15) is 5.78 Å². The second-order valence-corrected chi connectivity index (χ2v) is 8.14. The normalized spacial score (nSPS) is 51.2. The molecule has 6 atom stereocenters. The zero-order valence-electron chi connectivity index (χ0n) is 12.9. The van der Waals surface area contributed by atoms with Crippen LogP contribution in [0.25, 0.3) is 0 Å². The van der Waals surface area contributed by atoms with Crippen molar-refractivity contribution in [3.8, 4) is 0 Å². The third kappa shape index (κ3) is 1.45. The van der Waals surface area contributed by atoms with Gasteiger partial charge in [0.25, 0.3) is 0 Å². The van der Waals surface area contributed by atoms with Crippen LogP contribution in [0.4, 0.5) is 0 Å². The third-order valence-corrected chi connectivity index (χ3v) is 7.21. The lowest BCUT2D eigenvalue weighted by Crippen LogP contribution is -2.33. The van der Waals surface area contributed by atoms with Gasteiger partial charge in [0, 0.05) is 11.8 Å². The molecule has 1 spiro atoms. The minimum Gasteiger partial charge on any atom is -0.299 e. The van der Waals surface area contributed by atoms with Crippen molar-refractivity contribution in [1.29, 1.82) is 0 Å². The average Bonchev–Trinajstić information content (AvgIpc) is 2.67. The van der Waals surface area contributed by atoms with E-state index in [0.29, 0.717) is 23.0 Å². The van der Waals surface area contributed by atoms with Gasteiger partial charge in [-0.15, -0.1) is 6.58 Å². The zero-order chi connectivity index (χ0) is 14.0. The van der Waals surface area contributed by atoms with Gasteiger partial charge < -0.3 is 0 Å². The van der Waals surface area contributed by atoms with E-state index in [9.17, 15) is 4.79 Å². The molecule has 3 fully saturated rings. The molecule has 106 valence electrons. The van der Waals surface area contributed by atoms with E-state index < -0.39 is 0 Å². The van der Waals surface area contributed by atoms with E-state index in [2.05, 4.69) is 34.3 Å². The Morgan fingerprint density at radius 3 is 2.68 bits per heavy atom. The van der Waals surface area contributed by atoms with Crippen LogP contribution in [-0.2, 0) is 4.79 Å². The first-order chi connectivity index (χ1) is 8.86. The van der Waals surface area contributed by atoms with E-state index in [4.69, 9.17) is 0 Å². The molecule has 0 radical (unpaired) electrons. The summed E-state index contributed by atoms with van der Waals surface area (Å²) in [6.45, 7) is 13.3. The van der Waals surface area contributed by atoms with Gasteiger partial charge in [-0.1, -0.05) is 33.8 Å². The fraction of sp³-hybridized carbons (Fsp3) is 0.833. The van der Waals surface area contributed by atoms with Crippen LogP contribution >= 0.6 is 0 Å². The minimum atomic E-state index is 0.206. The van der Waals surface area contributed by atoms with Crippen LogP contribution in [0, 0.1) is 40.4 Å². The molecule has 3 saturated carbocycles. The van der Waals surface area contributed by atoms with Crippen LogP contribution in [0.1, 0.15) is 53.4 Å². The lowest BCUT2D eigenvalue weighted by Gasteiger charge is -2.40. The van der Waals surface area contributed by atoms with Crippen LogP contribution in [0.2, 0.25) is 0 Å². The third-order valence-electron chi connectivity index (χ3n) is 7.21. The fourth-order valence-corrected chi connectivity index (χ4v) is 6.31. The van der Waals surface area contributed by atoms with Gasteiger partial charge in [-0.25, -0.2) is 0 Å². The highest BCUT2D eigenvalue weighted by molar-refractivity contribution is 5.88. The summed E-state index contributed by atoms with van der Waals surface area (Å²) in [7, 11) is 0. The Morgan fingerprint density at radius 2 is 2.05 bits per heavy atom. The van der Waals surface area contributed by atoms with Crippen molar-refractivity contribution in [2.24, 2.45) is 40.4 Å². The van der Waals surface area contributed by atoms with Crippen molar-refractivity contribution in [2.45, 2.75) is 53.4 Å². The Morgan fingerprint density at radius 1 is 1.37 bits per heavy atom. The molecule has 0 saturated heterocycles. The summed E-state index contributed by atoms with van der Waals surface area (Å²) in [5.41, 5.74) is 0.530. The summed E-state index contributed by atoms with van der Waals surface area (Å²) >= 11 is 0. The molecule has 1 heteroatoms. The lowest BCUT2D eigenvalue weighted by molar-refractivity contribution is -0.128. The lowest BCUT2D eigenvalue weighted by atomic mass is 9.64. The zero-order valence-corrected chi connectivity index (χ0v) is 12.9. The summed E-state index contributed by atoms with van der Waals surface area (Å²) in [4.78, 5) is 13.0. The van der Waals surface area contributed by atoms with Gasteiger partial charge in [0.2, 0.25) is 0 Å². The predicted molar refractivity (Wildman–Crippen MR) is 78.7 cm³/mol. The Balaban J connectivity index is 2.06. The summed E-state index contributed by atoms with van der Waals surface area (Å²) in [6, 6.07) is 0. The smallest absolute Gasteiger partial charge is 0.140 e. The van der Waals surface area contributed by atoms with E-state index in [1.165, 1.54) is 19.3 Å². The molecule has 0 aliphatic heterocycles. The predicted octanol–water partition coefficient (Wildman–Crippen LogP) is 4.48. The van der Waals surface area contributed by atoms with Crippen molar-refractivity contribution < 1.29 is 4.79 Å². The van der Waals surface area contributed by atoms with Gasteiger partial charge >= 0.3 is 0 Å². The molecule has 0 N–H and O–H groups in total. The van der Waals surface area contributed by atoms with Crippen molar-refractivity contribution >= 4 is 5.78 Å². The molecule has 3 aliphatic rings. The number of allylic oxidation sites excluding steroid dienone is 1. The highest BCUT2D eigenvalue weighted by Crippen LogP contribution is 2.72. The maximum atomic E-state index is 13.0. The second-order valence-electron chi connectivity index (χ2n) is 8.14. The molecule has 0 heterocycles. The van der Waals surface area contributed by atoms with E-state index >= 15 is 0 Å². The Bertz CT molecular complexity index is 421. The second kappa shape index (κ2) is 3.96. The quantitative estimate of drug-likeness (QED) is 0.669. The van der Waals surface area contributed by atoms with Crippen molar-refractivity contribution in [3.05, 3.63) is 12.7 Å². The van der Waals surface area contributed by atoms with Crippen molar-refractivity contribution in [1.82, 2.24) is 0 Å². The molecule has 19 heavy (non-hydrogen) atoms. The molecule has 0 amide bonds. The van der Waals surface area contributed by atoms with Gasteiger partial charge in [0.15, 0.2) is 0 Å². The first-order valence-electron chi connectivity index (χ1n) is 8.01. The fourth-order valence-electron chi connectivity index (χ4n) is 6.31. The Kier molecular flexibility index (Phi) is 2.79. The maximum absolute atomic E-state index is 13.0. The topological polar surface area (TPSA) is 17.1 Å². The summed E-state index contributed by atoms with van der Waals surface area (Å²) in [5, 5.41) is 0. The van der Waals surface area contributed by atoms with Crippen molar-refractivity contribution in [3.63, 3.8) is 0 Å². The minimum absolute atomic E-state index is 0.206. The SMILES string of the molecule is C=CCC1C(=O)[C@H]2C(C)(C)[C@H]3C[C@@]2(CC[C@H]3C)[C@@H]1C. The molecular formula is C18H28O. The molecule has 0 aromatic heterocycles. The van der Waals surface area contributed by atoms with Crippen molar-refractivity contribution in [2.75, 3.05) is 0 Å². The highest BCUT2D eigenvalue weighted by atomic mass is 16.1. The number of hydrogen-bond acceptors (Lipinski definition) is 1. The van der Waals surface area contributed by atoms with Crippen LogP contribution in [-0.4, -0.2) is 5.78 Å². The monoisotopic (exact) mass is 260 g/mol. The van der Waals surface area contributed by atoms with Gasteiger partial charge in [-0.3, -0.25) is 4.79 Å². The molecule has 0 aromatic rings. The van der Waals surface area contributed by atoms with Crippen LogP contribution in [0.5, 0.6) is 0 Å². The van der Waals surface area contributed by atoms with Crippen LogP contribution in [0.3, 0.4) is 0 Å². The maximum Gasteiger partial charge on any atom is 0.140 e. The number of carbonyl (C=O) groups is 1. The van der Waals surface area contributed by atoms with E-state index in [1.54, 1.807) is 0 Å². The van der Waals surface area contributed by atoms with Gasteiger partial charge in [-0.05, 0) is 54.3 Å². The number of carbonyl (C=O) groups excluding carboxylic acids is 1.